The van der Waals surface area contributed by atoms with Gasteiger partial charge in [-0.2, -0.15) is 0 Å². The number of anilines is 1. The lowest BCUT2D eigenvalue weighted by Gasteiger charge is -2.17. The highest BCUT2D eigenvalue weighted by Gasteiger charge is 2.20. The van der Waals surface area contributed by atoms with Gasteiger partial charge in [-0.15, -0.1) is 0 Å². The SMILES string of the molecule is COC(=O)c1cccc(S(=O)(=O)Nc2c(C)cccc2C(C)C)c1. The van der Waals surface area contributed by atoms with E-state index >= 15 is 0 Å². The van der Waals surface area contributed by atoms with E-state index in [1.807, 2.05) is 39.0 Å². The van der Waals surface area contributed by atoms with E-state index in [2.05, 4.69) is 9.46 Å². The Hall–Kier alpha value is -2.34. The molecule has 0 fully saturated rings. The molecule has 128 valence electrons. The first-order valence-electron chi connectivity index (χ1n) is 7.57. The highest BCUT2D eigenvalue weighted by Crippen LogP contribution is 2.29. The van der Waals surface area contributed by atoms with Gasteiger partial charge in [-0.25, -0.2) is 13.2 Å². The molecule has 0 bridgehead atoms. The number of rotatable bonds is 5. The Labute approximate surface area is 142 Å². The molecule has 0 radical (unpaired) electrons. The van der Waals surface area contributed by atoms with Crippen molar-refractivity contribution in [3.63, 3.8) is 0 Å². The number of aryl methyl sites for hydroxylation is 1. The predicted molar refractivity (Wildman–Crippen MR) is 93.9 cm³/mol. The summed E-state index contributed by atoms with van der Waals surface area (Å²) >= 11 is 0. The van der Waals surface area contributed by atoms with Gasteiger partial charge in [0, 0.05) is 0 Å². The van der Waals surface area contributed by atoms with E-state index in [0.29, 0.717) is 5.69 Å². The number of hydrogen-bond donors (Lipinski definition) is 1. The van der Waals surface area contributed by atoms with Gasteiger partial charge in [-0.1, -0.05) is 38.1 Å². The Morgan fingerprint density at radius 3 is 2.42 bits per heavy atom. The third-order valence-electron chi connectivity index (χ3n) is 3.73. The van der Waals surface area contributed by atoms with Crippen molar-refractivity contribution in [2.75, 3.05) is 11.8 Å². The summed E-state index contributed by atoms with van der Waals surface area (Å²) in [5.74, 6) is -0.408. The molecule has 0 unspecified atom stereocenters. The minimum absolute atomic E-state index is 0.0170. The molecular formula is C18H21NO4S. The van der Waals surface area contributed by atoms with E-state index in [1.54, 1.807) is 0 Å². The number of methoxy groups -OCH3 is 1. The molecule has 2 rings (SSSR count). The van der Waals surface area contributed by atoms with Gasteiger partial charge < -0.3 is 4.74 Å². The van der Waals surface area contributed by atoms with Crippen LogP contribution >= 0.6 is 0 Å². The lowest BCUT2D eigenvalue weighted by molar-refractivity contribution is 0.0600. The van der Waals surface area contributed by atoms with E-state index in [9.17, 15) is 13.2 Å². The predicted octanol–water partition coefficient (Wildman–Crippen LogP) is 3.71. The summed E-state index contributed by atoms with van der Waals surface area (Å²) in [4.78, 5) is 11.6. The first-order chi connectivity index (χ1) is 11.3. The fourth-order valence-electron chi connectivity index (χ4n) is 2.41. The largest absolute Gasteiger partial charge is 0.465 e. The lowest BCUT2D eigenvalue weighted by Crippen LogP contribution is -2.16. The maximum absolute atomic E-state index is 12.7. The fourth-order valence-corrected chi connectivity index (χ4v) is 3.62. The van der Waals surface area contributed by atoms with Crippen molar-refractivity contribution in [2.24, 2.45) is 0 Å². The van der Waals surface area contributed by atoms with E-state index in [-0.39, 0.29) is 16.4 Å². The molecule has 2 aromatic rings. The highest BCUT2D eigenvalue weighted by atomic mass is 32.2. The van der Waals surface area contributed by atoms with E-state index in [4.69, 9.17) is 0 Å². The Morgan fingerprint density at radius 2 is 1.79 bits per heavy atom. The van der Waals surface area contributed by atoms with Crippen LogP contribution in [0.4, 0.5) is 5.69 Å². The molecule has 1 N–H and O–H groups in total. The number of carbonyl (C=O) groups excluding carboxylic acids is 1. The zero-order chi connectivity index (χ0) is 17.9. The number of hydrogen-bond acceptors (Lipinski definition) is 4. The molecule has 0 aromatic heterocycles. The second-order valence-electron chi connectivity index (χ2n) is 5.82. The smallest absolute Gasteiger partial charge is 0.337 e. The van der Waals surface area contributed by atoms with Crippen LogP contribution in [-0.2, 0) is 14.8 Å². The number of esters is 1. The van der Waals surface area contributed by atoms with Crippen molar-refractivity contribution in [2.45, 2.75) is 31.6 Å². The zero-order valence-electron chi connectivity index (χ0n) is 14.2. The molecule has 0 saturated heterocycles. The number of carbonyl (C=O) groups is 1. The topological polar surface area (TPSA) is 72.5 Å². The van der Waals surface area contributed by atoms with Gasteiger partial charge in [0.2, 0.25) is 0 Å². The number of benzene rings is 2. The Balaban J connectivity index is 2.45. The first-order valence-corrected chi connectivity index (χ1v) is 9.05. The molecule has 0 aliphatic rings. The third kappa shape index (κ3) is 3.76. The minimum Gasteiger partial charge on any atom is -0.465 e. The van der Waals surface area contributed by atoms with Gasteiger partial charge >= 0.3 is 5.97 Å². The maximum Gasteiger partial charge on any atom is 0.337 e. The molecule has 6 heteroatoms. The van der Waals surface area contributed by atoms with E-state index in [1.165, 1.54) is 31.4 Å². The molecule has 0 atom stereocenters. The average molecular weight is 347 g/mol. The lowest BCUT2D eigenvalue weighted by atomic mass is 9.99. The molecule has 0 amide bonds. The van der Waals surface area contributed by atoms with Crippen LogP contribution < -0.4 is 4.72 Å². The third-order valence-corrected chi connectivity index (χ3v) is 5.08. The van der Waals surface area contributed by atoms with Crippen LogP contribution in [0.3, 0.4) is 0 Å². The standard InChI is InChI=1S/C18H21NO4S/c1-12(2)16-10-5-7-13(3)17(16)19-24(21,22)15-9-6-8-14(11-15)18(20)23-4/h5-12,19H,1-4H3. The van der Waals surface area contributed by atoms with Crippen LogP contribution in [0.25, 0.3) is 0 Å². The Bertz CT molecular complexity index is 857. The van der Waals surface area contributed by atoms with Crippen molar-refractivity contribution < 1.29 is 17.9 Å². The van der Waals surface area contributed by atoms with Crippen LogP contribution in [-0.4, -0.2) is 21.5 Å². The summed E-state index contributed by atoms with van der Waals surface area (Å²) < 4.78 is 32.8. The number of nitrogens with one attached hydrogen (secondary N) is 1. The van der Waals surface area contributed by atoms with E-state index in [0.717, 1.165) is 11.1 Å². The van der Waals surface area contributed by atoms with Crippen LogP contribution in [0.15, 0.2) is 47.4 Å². The maximum atomic E-state index is 12.7. The molecule has 0 aliphatic carbocycles. The monoisotopic (exact) mass is 347 g/mol. The summed E-state index contributed by atoms with van der Waals surface area (Å²) in [6, 6.07) is 11.4. The number of sulfonamides is 1. The summed E-state index contributed by atoms with van der Waals surface area (Å²) in [6.45, 7) is 5.86. The minimum atomic E-state index is -3.81. The van der Waals surface area contributed by atoms with Crippen LogP contribution in [0, 0.1) is 6.92 Å². The molecule has 24 heavy (non-hydrogen) atoms. The van der Waals surface area contributed by atoms with Crippen molar-refractivity contribution in [3.8, 4) is 0 Å². The highest BCUT2D eigenvalue weighted by molar-refractivity contribution is 7.92. The first kappa shape index (κ1) is 18.0. The Kier molecular flexibility index (Phi) is 5.29. The fraction of sp³-hybridized carbons (Fsp3) is 0.278. The summed E-state index contributed by atoms with van der Waals surface area (Å²) in [7, 11) is -2.56. The molecule has 0 saturated carbocycles. The Morgan fingerprint density at radius 1 is 1.12 bits per heavy atom. The molecule has 0 heterocycles. The van der Waals surface area contributed by atoms with Gasteiger partial charge in [0.25, 0.3) is 10.0 Å². The van der Waals surface area contributed by atoms with Gasteiger partial charge in [-0.3, -0.25) is 4.72 Å². The molecular weight excluding hydrogens is 326 g/mol. The van der Waals surface area contributed by atoms with Crippen molar-refractivity contribution in [1.82, 2.24) is 0 Å². The quantitative estimate of drug-likeness (QED) is 0.837. The number of ether oxygens (including phenoxy) is 1. The van der Waals surface area contributed by atoms with Gasteiger partial charge in [0.05, 0.1) is 23.3 Å². The average Bonchev–Trinajstić information content (AvgIpc) is 2.55. The molecule has 2 aromatic carbocycles. The van der Waals surface area contributed by atoms with Crippen molar-refractivity contribution in [3.05, 3.63) is 59.2 Å². The zero-order valence-corrected chi connectivity index (χ0v) is 15.0. The second kappa shape index (κ2) is 7.05. The van der Waals surface area contributed by atoms with Crippen molar-refractivity contribution >= 4 is 21.7 Å². The van der Waals surface area contributed by atoms with Crippen LogP contribution in [0.5, 0.6) is 0 Å². The number of para-hydroxylation sites is 1. The second-order valence-corrected chi connectivity index (χ2v) is 7.50. The molecule has 0 aliphatic heterocycles. The van der Waals surface area contributed by atoms with Gasteiger partial charge in [0.15, 0.2) is 0 Å². The van der Waals surface area contributed by atoms with Gasteiger partial charge in [-0.05, 0) is 42.2 Å². The summed E-state index contributed by atoms with van der Waals surface area (Å²) in [6.07, 6.45) is 0. The van der Waals surface area contributed by atoms with Crippen LogP contribution in [0.1, 0.15) is 41.3 Å². The van der Waals surface area contributed by atoms with Crippen LogP contribution in [0.2, 0.25) is 0 Å². The molecule has 0 spiro atoms. The summed E-state index contributed by atoms with van der Waals surface area (Å²) in [5.41, 5.74) is 2.53. The van der Waals surface area contributed by atoms with Gasteiger partial charge in [0.1, 0.15) is 0 Å². The molecule has 5 nitrogen and oxygen atoms in total. The van der Waals surface area contributed by atoms with E-state index < -0.39 is 16.0 Å². The normalized spacial score (nSPS) is 11.4. The summed E-state index contributed by atoms with van der Waals surface area (Å²) in [5, 5.41) is 0. The van der Waals surface area contributed by atoms with Crippen molar-refractivity contribution in [1.29, 1.82) is 0 Å².